The van der Waals surface area contributed by atoms with E-state index in [-0.39, 0.29) is 18.3 Å². The Labute approximate surface area is 177 Å². The molecule has 12 heteroatoms. The molecule has 1 aromatic carbocycles. The third-order valence-electron chi connectivity index (χ3n) is 4.65. The van der Waals surface area contributed by atoms with Crippen LogP contribution < -0.4 is 20.1 Å². The van der Waals surface area contributed by atoms with Crippen LogP contribution >= 0.6 is 23.9 Å². The van der Waals surface area contributed by atoms with Crippen LogP contribution in [-0.4, -0.2) is 70.8 Å². The molecule has 29 heavy (non-hydrogen) atoms. The first kappa shape index (κ1) is 20.8. The zero-order valence-corrected chi connectivity index (χ0v) is 17.5. The Balaban J connectivity index is 0.00000240. The van der Waals surface area contributed by atoms with Crippen molar-refractivity contribution in [3.63, 3.8) is 0 Å². The van der Waals surface area contributed by atoms with Crippen LogP contribution in [0.2, 0.25) is 0 Å². The second-order valence-electron chi connectivity index (χ2n) is 6.20. The van der Waals surface area contributed by atoms with E-state index in [0.29, 0.717) is 66.0 Å². The Bertz CT molecular complexity index is 1010. The van der Waals surface area contributed by atoms with Crippen molar-refractivity contribution in [3.05, 3.63) is 23.2 Å². The average Bonchev–Trinajstić information content (AvgIpc) is 3.27. The smallest absolute Gasteiger partial charge is 0.275 e. The fourth-order valence-electron chi connectivity index (χ4n) is 3.14. The number of rotatable bonds is 4. The van der Waals surface area contributed by atoms with Crippen molar-refractivity contribution in [1.29, 1.82) is 0 Å². The number of fused-ring (bicyclic) bond motifs is 1. The number of piperazine rings is 1. The molecule has 3 heterocycles. The minimum Gasteiger partial charge on any atom is -0.493 e. The monoisotopic (exact) mass is 437 g/mol. The number of nitrogens with zero attached hydrogens (tertiary/aromatic N) is 6. The molecular weight excluding hydrogens is 418 g/mol. The van der Waals surface area contributed by atoms with Gasteiger partial charge in [-0.3, -0.25) is 4.79 Å². The molecule has 0 spiro atoms. The van der Waals surface area contributed by atoms with E-state index in [1.165, 1.54) is 11.5 Å². The summed E-state index contributed by atoms with van der Waals surface area (Å²) in [7, 11) is 3.14. The molecule has 0 unspecified atom stereocenters. The molecule has 4 rings (SSSR count). The van der Waals surface area contributed by atoms with Gasteiger partial charge in [-0.2, -0.15) is 4.98 Å². The van der Waals surface area contributed by atoms with Crippen molar-refractivity contribution in [2.24, 2.45) is 0 Å². The maximum absolute atomic E-state index is 12.4. The van der Waals surface area contributed by atoms with E-state index in [2.05, 4.69) is 19.6 Å². The predicted molar refractivity (Wildman–Crippen MR) is 112 cm³/mol. The second-order valence-corrected chi connectivity index (χ2v) is 6.81. The Morgan fingerprint density at radius 1 is 1.10 bits per heavy atom. The summed E-state index contributed by atoms with van der Waals surface area (Å²) in [6, 6.07) is 3.55. The predicted octanol–water partition coefficient (Wildman–Crippen LogP) is 1.46. The van der Waals surface area contributed by atoms with Gasteiger partial charge in [-0.05, 0) is 17.6 Å². The SMILES string of the molecule is COc1cc2nc(N3CCN(C(=O)c4csnn4)CC3)nc(N)c2cc1OC.Cl. The largest absolute Gasteiger partial charge is 0.493 e. The number of hydrogen-bond acceptors (Lipinski definition) is 10. The summed E-state index contributed by atoms with van der Waals surface area (Å²) in [6.45, 7) is 2.29. The van der Waals surface area contributed by atoms with Crippen LogP contribution in [0, 0.1) is 0 Å². The molecule has 10 nitrogen and oxygen atoms in total. The normalized spacial score (nSPS) is 13.9. The summed E-state index contributed by atoms with van der Waals surface area (Å²) in [5, 5.41) is 6.20. The van der Waals surface area contributed by atoms with Crippen molar-refractivity contribution in [2.45, 2.75) is 0 Å². The maximum atomic E-state index is 12.4. The molecule has 0 bridgehead atoms. The van der Waals surface area contributed by atoms with Crippen molar-refractivity contribution in [1.82, 2.24) is 24.5 Å². The van der Waals surface area contributed by atoms with E-state index in [9.17, 15) is 4.79 Å². The Hall–Kier alpha value is -2.92. The number of ether oxygens (including phenoxy) is 2. The van der Waals surface area contributed by atoms with Crippen molar-refractivity contribution in [2.75, 3.05) is 51.0 Å². The van der Waals surface area contributed by atoms with Crippen LogP contribution in [0.3, 0.4) is 0 Å². The lowest BCUT2D eigenvalue weighted by molar-refractivity contribution is 0.0740. The van der Waals surface area contributed by atoms with Gasteiger partial charge in [0.2, 0.25) is 5.95 Å². The van der Waals surface area contributed by atoms with Gasteiger partial charge in [0.1, 0.15) is 5.82 Å². The highest BCUT2D eigenvalue weighted by atomic mass is 35.5. The van der Waals surface area contributed by atoms with Gasteiger partial charge in [-0.25, -0.2) is 4.98 Å². The molecule has 1 fully saturated rings. The Morgan fingerprint density at radius 2 is 1.79 bits per heavy atom. The third-order valence-corrected chi connectivity index (χ3v) is 5.15. The van der Waals surface area contributed by atoms with Crippen LogP contribution in [0.15, 0.2) is 17.5 Å². The summed E-state index contributed by atoms with van der Waals surface area (Å²) in [6.07, 6.45) is 0. The quantitative estimate of drug-likeness (QED) is 0.646. The number of halogens is 1. The van der Waals surface area contributed by atoms with E-state index in [1.807, 2.05) is 4.90 Å². The first-order valence-electron chi connectivity index (χ1n) is 8.61. The molecule has 1 saturated heterocycles. The molecule has 1 aliphatic rings. The molecule has 0 aliphatic carbocycles. The number of hydrogen-bond donors (Lipinski definition) is 1. The van der Waals surface area contributed by atoms with Crippen LogP contribution in [0.4, 0.5) is 11.8 Å². The topological polar surface area (TPSA) is 120 Å². The third kappa shape index (κ3) is 3.96. The van der Waals surface area contributed by atoms with E-state index in [0.717, 1.165) is 0 Å². The number of methoxy groups -OCH3 is 2. The van der Waals surface area contributed by atoms with Gasteiger partial charge in [0.05, 0.1) is 19.7 Å². The van der Waals surface area contributed by atoms with Crippen molar-refractivity contribution in [3.8, 4) is 11.5 Å². The van der Waals surface area contributed by atoms with Crippen LogP contribution in [-0.2, 0) is 0 Å². The van der Waals surface area contributed by atoms with Crippen LogP contribution in [0.5, 0.6) is 11.5 Å². The van der Waals surface area contributed by atoms with E-state index in [1.54, 1.807) is 36.6 Å². The lowest BCUT2D eigenvalue weighted by Crippen LogP contribution is -2.49. The van der Waals surface area contributed by atoms with Gasteiger partial charge in [0.25, 0.3) is 5.91 Å². The van der Waals surface area contributed by atoms with Gasteiger partial charge < -0.3 is 25.0 Å². The number of carbonyl (C=O) groups excluding carboxylic acids is 1. The first-order chi connectivity index (χ1) is 13.6. The molecule has 0 atom stereocenters. The molecule has 1 amide bonds. The number of amides is 1. The molecule has 2 N–H and O–H groups in total. The summed E-state index contributed by atoms with van der Waals surface area (Å²) < 4.78 is 14.4. The Morgan fingerprint density at radius 3 is 2.41 bits per heavy atom. The summed E-state index contributed by atoms with van der Waals surface area (Å²) >= 11 is 1.17. The standard InChI is InChI=1S/C17H19N7O3S.ClH/c1-26-13-7-10-11(8-14(13)27-2)19-17(20-15(10)18)24-5-3-23(4-6-24)16(25)12-9-28-22-21-12;/h7-9H,3-6H2,1-2H3,(H2,18,19,20);1H. The lowest BCUT2D eigenvalue weighted by atomic mass is 10.2. The second kappa shape index (κ2) is 8.62. The van der Waals surface area contributed by atoms with Crippen LogP contribution in [0.1, 0.15) is 10.5 Å². The number of nitrogens with two attached hydrogens (primary N) is 1. The highest BCUT2D eigenvalue weighted by Gasteiger charge is 2.25. The van der Waals surface area contributed by atoms with E-state index < -0.39 is 0 Å². The van der Waals surface area contributed by atoms with Gasteiger partial charge in [0, 0.05) is 43.0 Å². The fourth-order valence-corrected chi connectivity index (χ4v) is 3.57. The molecule has 2 aromatic heterocycles. The molecule has 0 radical (unpaired) electrons. The zero-order valence-electron chi connectivity index (χ0n) is 15.9. The molecule has 154 valence electrons. The minimum atomic E-state index is -0.107. The maximum Gasteiger partial charge on any atom is 0.275 e. The first-order valence-corrected chi connectivity index (χ1v) is 9.45. The summed E-state index contributed by atoms with van der Waals surface area (Å²) in [4.78, 5) is 25.2. The highest BCUT2D eigenvalue weighted by molar-refractivity contribution is 7.03. The zero-order chi connectivity index (χ0) is 19.7. The molecule has 3 aromatic rings. The molecule has 1 aliphatic heterocycles. The van der Waals surface area contributed by atoms with Crippen molar-refractivity contribution < 1.29 is 14.3 Å². The summed E-state index contributed by atoms with van der Waals surface area (Å²) in [5.41, 5.74) is 7.22. The lowest BCUT2D eigenvalue weighted by Gasteiger charge is -2.34. The minimum absolute atomic E-state index is 0. The van der Waals surface area contributed by atoms with Gasteiger partial charge in [-0.15, -0.1) is 17.5 Å². The van der Waals surface area contributed by atoms with Gasteiger partial charge >= 0.3 is 0 Å². The number of carbonyl (C=O) groups is 1. The fraction of sp³-hybridized carbons (Fsp3) is 0.353. The highest BCUT2D eigenvalue weighted by Crippen LogP contribution is 2.34. The van der Waals surface area contributed by atoms with Gasteiger partial charge in [-0.1, -0.05) is 4.49 Å². The number of benzene rings is 1. The number of aromatic nitrogens is 4. The molecule has 0 saturated carbocycles. The number of anilines is 2. The van der Waals surface area contributed by atoms with E-state index in [4.69, 9.17) is 15.2 Å². The summed E-state index contributed by atoms with van der Waals surface area (Å²) in [5.74, 6) is 1.94. The number of nitrogen functional groups attached to an aromatic ring is 1. The van der Waals surface area contributed by atoms with E-state index >= 15 is 0 Å². The van der Waals surface area contributed by atoms with Crippen LogP contribution in [0.25, 0.3) is 10.9 Å². The molecular formula is C17H20ClN7O3S. The van der Waals surface area contributed by atoms with Crippen molar-refractivity contribution >= 4 is 52.5 Å². The Kier molecular flexibility index (Phi) is 6.18. The van der Waals surface area contributed by atoms with Gasteiger partial charge in [0.15, 0.2) is 17.2 Å². The average molecular weight is 438 g/mol.